The molecule has 0 aliphatic rings. The molecule has 0 aliphatic carbocycles. The first-order chi connectivity index (χ1) is 22.4. The molecule has 6 heteroatoms. The van der Waals surface area contributed by atoms with Crippen LogP contribution in [-0.2, 0) is 39.1 Å². The largest absolute Gasteiger partial charge is 0.489 e. The summed E-state index contributed by atoms with van der Waals surface area (Å²) in [7, 11) is 0. The second-order valence-corrected chi connectivity index (χ2v) is 11.6. The Morgan fingerprint density at radius 3 is 1.63 bits per heavy atom. The van der Waals surface area contributed by atoms with Gasteiger partial charge in [0.05, 0.1) is 0 Å². The van der Waals surface area contributed by atoms with E-state index in [2.05, 4.69) is 78.1 Å². The van der Waals surface area contributed by atoms with E-state index in [1.54, 1.807) is 19.1 Å². The third-order valence-electron chi connectivity index (χ3n) is 7.86. The molecule has 0 heterocycles. The van der Waals surface area contributed by atoms with Gasteiger partial charge in [0.25, 0.3) is 0 Å². The lowest BCUT2D eigenvalue weighted by Crippen LogP contribution is -2.13. The maximum Gasteiger partial charge on any atom is 0.122 e. The molecule has 5 rings (SSSR count). The molecule has 0 saturated heterocycles. The van der Waals surface area contributed by atoms with E-state index < -0.39 is 0 Å². The zero-order valence-electron chi connectivity index (χ0n) is 26.4. The van der Waals surface area contributed by atoms with Crippen LogP contribution < -0.4 is 20.5 Å². The van der Waals surface area contributed by atoms with E-state index in [0.29, 0.717) is 24.5 Å². The van der Waals surface area contributed by atoms with Gasteiger partial charge in [0, 0.05) is 24.4 Å². The zero-order valence-corrected chi connectivity index (χ0v) is 26.4. The van der Waals surface area contributed by atoms with E-state index in [-0.39, 0.29) is 5.84 Å². The molecule has 0 fully saturated rings. The molecule has 0 aliphatic heterocycles. The van der Waals surface area contributed by atoms with Crippen molar-refractivity contribution in [3.05, 3.63) is 166 Å². The van der Waals surface area contributed by atoms with Gasteiger partial charge >= 0.3 is 0 Å². The van der Waals surface area contributed by atoms with Gasteiger partial charge in [-0.15, -0.1) is 0 Å². The minimum Gasteiger partial charge on any atom is -0.489 e. The topological polar surface area (TPSA) is 104 Å². The third kappa shape index (κ3) is 9.91. The number of nitrogens with two attached hydrogens (primary N) is 1. The van der Waals surface area contributed by atoms with Crippen molar-refractivity contribution in [1.29, 1.82) is 10.8 Å². The minimum atomic E-state index is 0.0540. The van der Waals surface area contributed by atoms with Crippen molar-refractivity contribution in [1.82, 2.24) is 5.32 Å². The first-order valence-corrected chi connectivity index (χ1v) is 15.7. The Morgan fingerprint density at radius 2 is 1.04 bits per heavy atom. The fourth-order valence-corrected chi connectivity index (χ4v) is 5.24. The quantitative estimate of drug-likeness (QED) is 0.0672. The zero-order chi connectivity index (χ0) is 32.1. The summed E-state index contributed by atoms with van der Waals surface area (Å²) in [6.45, 7) is 4.40. The highest BCUT2D eigenvalue weighted by atomic mass is 16.5. The SMILES string of the molecule is CC(=N)c1ccc(OCc2cccc(CCCc3ccc(CNCc4cccc(COc5ccc(C(=N)N)cc5)c4)cc3)c2)cc1. The summed E-state index contributed by atoms with van der Waals surface area (Å²) >= 11 is 0. The number of hydrogen-bond donors (Lipinski definition) is 4. The van der Waals surface area contributed by atoms with E-state index in [1.807, 2.05) is 36.4 Å². The van der Waals surface area contributed by atoms with E-state index in [9.17, 15) is 0 Å². The maximum absolute atomic E-state index is 7.73. The standard InChI is InChI=1S/C40H42N4O2/c1-29(41)36-15-19-38(20-16-36)45-27-34-9-3-7-31(23-34)6-2-5-30-11-13-32(14-12-30)25-44-26-33-8-4-10-35(24-33)28-46-39-21-17-37(18-22-39)40(42)43/h3-4,7-24,41,44H,2,5-6,25-28H2,1H3,(H3,42,43). The minimum absolute atomic E-state index is 0.0540. The second kappa shape index (κ2) is 16.2. The van der Waals surface area contributed by atoms with E-state index in [4.69, 9.17) is 26.0 Å². The predicted molar refractivity (Wildman–Crippen MR) is 187 cm³/mol. The second-order valence-electron chi connectivity index (χ2n) is 11.6. The molecule has 0 unspecified atom stereocenters. The van der Waals surface area contributed by atoms with Gasteiger partial charge in [-0.25, -0.2) is 0 Å². The molecule has 0 radical (unpaired) electrons. The molecule has 0 bridgehead atoms. The van der Waals surface area contributed by atoms with Crippen LogP contribution in [0.2, 0.25) is 0 Å². The number of hydrogen-bond acceptors (Lipinski definition) is 5. The summed E-state index contributed by atoms with van der Waals surface area (Å²) in [5, 5.41) is 18.8. The summed E-state index contributed by atoms with van der Waals surface area (Å²) < 4.78 is 11.9. The number of rotatable bonds is 16. The van der Waals surface area contributed by atoms with Crippen LogP contribution in [0.1, 0.15) is 57.9 Å². The molecular formula is C40H42N4O2. The van der Waals surface area contributed by atoms with Gasteiger partial charge in [-0.1, -0.05) is 72.8 Å². The van der Waals surface area contributed by atoms with E-state index >= 15 is 0 Å². The van der Waals surface area contributed by atoms with Crippen LogP contribution in [0.4, 0.5) is 0 Å². The van der Waals surface area contributed by atoms with Gasteiger partial charge in [-0.2, -0.15) is 0 Å². The van der Waals surface area contributed by atoms with Crippen LogP contribution >= 0.6 is 0 Å². The normalized spacial score (nSPS) is 10.8. The Labute approximate surface area is 272 Å². The van der Waals surface area contributed by atoms with E-state index in [0.717, 1.165) is 55.0 Å². The average Bonchev–Trinajstić information content (AvgIpc) is 3.08. The highest BCUT2D eigenvalue weighted by Gasteiger charge is 2.04. The van der Waals surface area contributed by atoms with Gasteiger partial charge in [0.2, 0.25) is 0 Å². The van der Waals surface area contributed by atoms with Crippen LogP contribution in [0, 0.1) is 10.8 Å². The molecule has 0 saturated carbocycles. The Bertz CT molecular complexity index is 1600. The molecule has 0 spiro atoms. The van der Waals surface area contributed by atoms with Crippen LogP contribution in [0.5, 0.6) is 11.5 Å². The number of benzene rings is 5. The van der Waals surface area contributed by atoms with Crippen LogP contribution in [-0.4, -0.2) is 11.5 Å². The number of amidine groups is 1. The fourth-order valence-electron chi connectivity index (χ4n) is 5.24. The Hall–Kier alpha value is -5.20. The molecule has 234 valence electrons. The summed E-state index contributed by atoms with van der Waals surface area (Å²) in [5.74, 6) is 1.63. The summed E-state index contributed by atoms with van der Waals surface area (Å²) in [5.41, 5.74) is 15.1. The van der Waals surface area contributed by atoms with Gasteiger partial charge in [-0.05, 0) is 114 Å². The molecule has 5 aromatic carbocycles. The number of nitrogens with one attached hydrogen (secondary N) is 3. The molecule has 0 atom stereocenters. The molecule has 6 nitrogen and oxygen atoms in total. The van der Waals surface area contributed by atoms with Gasteiger partial charge in [0.15, 0.2) is 0 Å². The number of ether oxygens (including phenoxy) is 2. The van der Waals surface area contributed by atoms with Crippen molar-refractivity contribution >= 4 is 11.5 Å². The van der Waals surface area contributed by atoms with Crippen molar-refractivity contribution < 1.29 is 9.47 Å². The molecule has 5 N–H and O–H groups in total. The van der Waals surface area contributed by atoms with E-state index in [1.165, 1.54) is 27.8 Å². The smallest absolute Gasteiger partial charge is 0.122 e. The lowest BCUT2D eigenvalue weighted by molar-refractivity contribution is 0.306. The van der Waals surface area contributed by atoms with Crippen LogP contribution in [0.3, 0.4) is 0 Å². The van der Waals surface area contributed by atoms with Crippen molar-refractivity contribution in [3.63, 3.8) is 0 Å². The lowest BCUT2D eigenvalue weighted by atomic mass is 10.0. The van der Waals surface area contributed by atoms with Crippen molar-refractivity contribution in [2.45, 2.75) is 52.5 Å². The first kappa shape index (κ1) is 32.2. The number of aryl methyl sites for hydroxylation is 2. The molecule has 46 heavy (non-hydrogen) atoms. The summed E-state index contributed by atoms with van der Waals surface area (Å²) in [6, 6.07) is 41.0. The predicted octanol–water partition coefficient (Wildman–Crippen LogP) is 7.98. The average molecular weight is 611 g/mol. The van der Waals surface area contributed by atoms with Crippen molar-refractivity contribution in [2.24, 2.45) is 5.73 Å². The van der Waals surface area contributed by atoms with Crippen molar-refractivity contribution in [3.8, 4) is 11.5 Å². The van der Waals surface area contributed by atoms with Crippen LogP contribution in [0.15, 0.2) is 121 Å². The molecular weight excluding hydrogens is 568 g/mol. The van der Waals surface area contributed by atoms with Crippen molar-refractivity contribution in [2.75, 3.05) is 0 Å². The highest BCUT2D eigenvalue weighted by molar-refractivity contribution is 5.96. The maximum atomic E-state index is 7.73. The van der Waals surface area contributed by atoms with Gasteiger partial charge in [0.1, 0.15) is 30.5 Å². The highest BCUT2D eigenvalue weighted by Crippen LogP contribution is 2.18. The molecule has 0 aromatic heterocycles. The monoisotopic (exact) mass is 610 g/mol. The lowest BCUT2D eigenvalue weighted by Gasteiger charge is -2.10. The van der Waals surface area contributed by atoms with Crippen LogP contribution in [0.25, 0.3) is 0 Å². The Morgan fingerprint density at radius 1 is 0.565 bits per heavy atom. The molecule has 5 aromatic rings. The molecule has 0 amide bonds. The fraction of sp³-hybridized carbons (Fsp3) is 0.200. The van der Waals surface area contributed by atoms with Gasteiger partial charge in [-0.3, -0.25) is 5.41 Å². The number of nitrogen functional groups attached to an aromatic ring is 1. The van der Waals surface area contributed by atoms with Gasteiger partial charge < -0.3 is 25.9 Å². The summed E-state index contributed by atoms with van der Waals surface area (Å²) in [6.07, 6.45) is 3.17. The first-order valence-electron chi connectivity index (χ1n) is 15.7. The third-order valence-corrected chi connectivity index (χ3v) is 7.86. The summed E-state index contributed by atoms with van der Waals surface area (Å²) in [4.78, 5) is 0. The Balaban J connectivity index is 1.01. The Kier molecular flexibility index (Phi) is 11.3.